The first-order valence-electron chi connectivity index (χ1n) is 6.47. The Hall–Kier alpha value is -0.160. The number of hydrogen-bond donors (Lipinski definition) is 1. The second-order valence-electron chi connectivity index (χ2n) is 5.34. The lowest BCUT2D eigenvalue weighted by Crippen LogP contribution is -2.62. The summed E-state index contributed by atoms with van der Waals surface area (Å²) in [5.74, 6) is 0. The van der Waals surface area contributed by atoms with Crippen LogP contribution >= 0.6 is 0 Å². The van der Waals surface area contributed by atoms with Crippen molar-refractivity contribution in [3.8, 4) is 0 Å². The molecule has 0 aliphatic heterocycles. The van der Waals surface area contributed by atoms with Gasteiger partial charge in [-0.2, -0.15) is 0 Å². The maximum atomic E-state index is 5.99. The van der Waals surface area contributed by atoms with E-state index in [0.717, 1.165) is 13.1 Å². The van der Waals surface area contributed by atoms with Crippen molar-refractivity contribution in [1.29, 1.82) is 0 Å². The zero-order valence-corrected chi connectivity index (χ0v) is 12.7. The van der Waals surface area contributed by atoms with E-state index in [9.17, 15) is 0 Å². The Morgan fingerprint density at radius 2 is 1.82 bits per heavy atom. The van der Waals surface area contributed by atoms with E-state index < -0.39 is 0 Å². The van der Waals surface area contributed by atoms with Crippen LogP contribution in [-0.2, 0) is 4.74 Å². The van der Waals surface area contributed by atoms with Crippen molar-refractivity contribution in [1.82, 2.24) is 9.80 Å². The van der Waals surface area contributed by atoms with Crippen LogP contribution < -0.4 is 5.73 Å². The van der Waals surface area contributed by atoms with Crippen LogP contribution in [0.2, 0.25) is 0 Å². The van der Waals surface area contributed by atoms with Gasteiger partial charge in [-0.05, 0) is 41.4 Å². The van der Waals surface area contributed by atoms with E-state index in [4.69, 9.17) is 10.5 Å². The molecule has 0 spiro atoms. The maximum Gasteiger partial charge on any atom is 0.0736 e. The first kappa shape index (κ1) is 16.8. The highest BCUT2D eigenvalue weighted by atomic mass is 16.5. The van der Waals surface area contributed by atoms with Crippen molar-refractivity contribution in [2.75, 3.05) is 40.8 Å². The molecular formula is C13H31N3O. The van der Waals surface area contributed by atoms with E-state index in [1.54, 1.807) is 7.11 Å². The molecule has 0 aromatic rings. The Morgan fingerprint density at radius 1 is 1.29 bits per heavy atom. The number of nitrogens with two attached hydrogens (primary N) is 1. The van der Waals surface area contributed by atoms with Crippen molar-refractivity contribution in [3.05, 3.63) is 0 Å². The topological polar surface area (TPSA) is 41.7 Å². The average molecular weight is 245 g/mol. The second-order valence-corrected chi connectivity index (χ2v) is 5.34. The summed E-state index contributed by atoms with van der Waals surface area (Å²) in [7, 11) is 5.96. The first-order chi connectivity index (χ1) is 7.83. The van der Waals surface area contributed by atoms with E-state index in [1.807, 2.05) is 0 Å². The van der Waals surface area contributed by atoms with Gasteiger partial charge in [0.15, 0.2) is 0 Å². The van der Waals surface area contributed by atoms with Crippen molar-refractivity contribution < 1.29 is 4.74 Å². The quantitative estimate of drug-likeness (QED) is 0.693. The number of nitrogens with zero attached hydrogens (tertiary/aromatic N) is 2. The largest absolute Gasteiger partial charge is 0.380 e. The molecule has 0 aromatic heterocycles. The van der Waals surface area contributed by atoms with Gasteiger partial charge in [-0.25, -0.2) is 0 Å². The summed E-state index contributed by atoms with van der Waals surface area (Å²) in [6, 6.07) is 0.459. The van der Waals surface area contributed by atoms with Gasteiger partial charge < -0.3 is 15.4 Å². The smallest absolute Gasteiger partial charge is 0.0736 e. The molecule has 0 saturated carbocycles. The molecule has 3 atom stereocenters. The Labute approximate surface area is 107 Å². The van der Waals surface area contributed by atoms with Crippen LogP contribution in [-0.4, -0.2) is 68.3 Å². The molecule has 104 valence electrons. The molecule has 0 fully saturated rings. The normalized spacial score (nSPS) is 19.4. The summed E-state index contributed by atoms with van der Waals surface area (Å²) in [4.78, 5) is 4.66. The molecular weight excluding hydrogens is 214 g/mol. The molecule has 0 saturated heterocycles. The average Bonchev–Trinajstić information content (AvgIpc) is 2.27. The number of hydrogen-bond acceptors (Lipinski definition) is 4. The summed E-state index contributed by atoms with van der Waals surface area (Å²) in [6.07, 6.45) is 0.122. The predicted molar refractivity (Wildman–Crippen MR) is 74.3 cm³/mol. The predicted octanol–water partition coefficient (Wildman–Crippen LogP) is 1.01. The van der Waals surface area contributed by atoms with Crippen molar-refractivity contribution >= 4 is 0 Å². The zero-order chi connectivity index (χ0) is 13.6. The molecule has 4 heteroatoms. The fourth-order valence-corrected chi connectivity index (χ4v) is 2.57. The van der Waals surface area contributed by atoms with Crippen LogP contribution in [0.4, 0.5) is 0 Å². The van der Waals surface area contributed by atoms with Gasteiger partial charge in [0.1, 0.15) is 0 Å². The monoisotopic (exact) mass is 245 g/mol. The minimum atomic E-state index is -0.112. The molecule has 0 heterocycles. The van der Waals surface area contributed by atoms with E-state index in [2.05, 4.69) is 51.6 Å². The van der Waals surface area contributed by atoms with E-state index in [0.29, 0.717) is 12.6 Å². The van der Waals surface area contributed by atoms with Gasteiger partial charge >= 0.3 is 0 Å². The van der Waals surface area contributed by atoms with Crippen LogP contribution in [0.15, 0.2) is 0 Å². The molecule has 0 aliphatic carbocycles. The number of rotatable bonds is 8. The molecule has 0 amide bonds. The summed E-state index contributed by atoms with van der Waals surface area (Å²) >= 11 is 0. The number of methoxy groups -OCH3 is 1. The third-order valence-electron chi connectivity index (χ3n) is 3.80. The molecule has 17 heavy (non-hydrogen) atoms. The molecule has 0 rings (SSSR count). The molecule has 4 nitrogen and oxygen atoms in total. The molecule has 0 aliphatic rings. The van der Waals surface area contributed by atoms with Crippen LogP contribution in [0.1, 0.15) is 27.7 Å². The highest BCUT2D eigenvalue weighted by molar-refractivity contribution is 4.95. The van der Waals surface area contributed by atoms with Gasteiger partial charge in [0, 0.05) is 26.2 Å². The fourth-order valence-electron chi connectivity index (χ4n) is 2.57. The Bertz CT molecular complexity index is 211. The van der Waals surface area contributed by atoms with Crippen LogP contribution in [0, 0.1) is 0 Å². The third kappa shape index (κ3) is 4.21. The highest BCUT2D eigenvalue weighted by Gasteiger charge is 2.38. The Balaban J connectivity index is 4.91. The van der Waals surface area contributed by atoms with Gasteiger partial charge in [0.05, 0.1) is 11.6 Å². The summed E-state index contributed by atoms with van der Waals surface area (Å²) in [5, 5.41) is 0. The summed E-state index contributed by atoms with van der Waals surface area (Å²) in [6.45, 7) is 11.3. The molecule has 0 aromatic carbocycles. The van der Waals surface area contributed by atoms with E-state index in [-0.39, 0.29) is 11.6 Å². The van der Waals surface area contributed by atoms with E-state index in [1.165, 1.54) is 0 Å². The lowest BCUT2D eigenvalue weighted by Gasteiger charge is -2.47. The Kier molecular flexibility index (Phi) is 7.24. The van der Waals surface area contributed by atoms with Crippen molar-refractivity contribution in [2.45, 2.75) is 45.4 Å². The molecule has 3 unspecified atom stereocenters. The van der Waals surface area contributed by atoms with Crippen molar-refractivity contribution in [2.24, 2.45) is 5.73 Å². The SMILES string of the molecule is CCN(C(C)CN(C)C)C(C)(CN)C(C)OC. The van der Waals surface area contributed by atoms with Gasteiger partial charge in [-0.3, -0.25) is 4.90 Å². The summed E-state index contributed by atoms with van der Waals surface area (Å²) in [5.41, 5.74) is 5.88. The second kappa shape index (κ2) is 7.31. The first-order valence-corrected chi connectivity index (χ1v) is 6.47. The van der Waals surface area contributed by atoms with Gasteiger partial charge in [-0.15, -0.1) is 0 Å². The standard InChI is InChI=1S/C13H31N3O/c1-8-16(11(2)9-15(5)6)13(4,10-14)12(3)17-7/h11-12H,8-10,14H2,1-7H3. The third-order valence-corrected chi connectivity index (χ3v) is 3.80. The van der Waals surface area contributed by atoms with Gasteiger partial charge in [-0.1, -0.05) is 6.92 Å². The zero-order valence-electron chi connectivity index (χ0n) is 12.7. The van der Waals surface area contributed by atoms with Crippen molar-refractivity contribution in [3.63, 3.8) is 0 Å². The lowest BCUT2D eigenvalue weighted by molar-refractivity contribution is -0.0488. The Morgan fingerprint density at radius 3 is 2.12 bits per heavy atom. The highest BCUT2D eigenvalue weighted by Crippen LogP contribution is 2.23. The number of ether oxygens (including phenoxy) is 1. The molecule has 2 N–H and O–H groups in total. The number of likely N-dealkylation sites (N-methyl/N-ethyl adjacent to an activating group) is 2. The molecule has 0 radical (unpaired) electrons. The van der Waals surface area contributed by atoms with Gasteiger partial charge in [0.25, 0.3) is 0 Å². The van der Waals surface area contributed by atoms with Gasteiger partial charge in [0.2, 0.25) is 0 Å². The van der Waals surface area contributed by atoms with Crippen LogP contribution in [0.3, 0.4) is 0 Å². The summed E-state index contributed by atoms with van der Waals surface area (Å²) < 4.78 is 5.51. The maximum absolute atomic E-state index is 5.99. The minimum Gasteiger partial charge on any atom is -0.380 e. The fraction of sp³-hybridized carbons (Fsp3) is 1.00. The molecule has 0 bridgehead atoms. The van der Waals surface area contributed by atoms with Crippen LogP contribution in [0.5, 0.6) is 0 Å². The van der Waals surface area contributed by atoms with Crippen LogP contribution in [0.25, 0.3) is 0 Å². The lowest BCUT2D eigenvalue weighted by atomic mass is 9.91. The minimum absolute atomic E-state index is 0.112. The van der Waals surface area contributed by atoms with E-state index >= 15 is 0 Å².